The zero-order valence-electron chi connectivity index (χ0n) is 12.6. The van der Waals surface area contributed by atoms with Gasteiger partial charge < -0.3 is 4.98 Å². The van der Waals surface area contributed by atoms with E-state index in [-0.39, 0.29) is 10.6 Å². The van der Waals surface area contributed by atoms with Crippen LogP contribution < -0.4 is 0 Å². The van der Waals surface area contributed by atoms with Crippen LogP contribution in [0.25, 0.3) is 32.9 Å². The molecule has 0 amide bonds. The Morgan fingerprint density at radius 1 is 0.958 bits per heavy atom. The first-order valence-electron chi connectivity index (χ1n) is 7.52. The van der Waals surface area contributed by atoms with Gasteiger partial charge in [-0.2, -0.15) is 0 Å². The topological polar surface area (TPSA) is 58.9 Å². The van der Waals surface area contributed by atoms with Gasteiger partial charge in [-0.15, -0.1) is 0 Å². The molecular weight excluding hydrogens is 368 g/mol. The highest BCUT2D eigenvalue weighted by atomic mass is 79.9. The number of nitro groups is 1. The third-order valence-corrected chi connectivity index (χ3v) is 4.88. The summed E-state index contributed by atoms with van der Waals surface area (Å²) in [6, 6.07) is 19.2. The van der Waals surface area contributed by atoms with Gasteiger partial charge in [0.2, 0.25) is 0 Å². The van der Waals surface area contributed by atoms with Crippen molar-refractivity contribution in [2.24, 2.45) is 0 Å². The number of nitro benzene ring substituents is 1. The molecule has 1 heterocycles. The zero-order valence-corrected chi connectivity index (χ0v) is 14.2. The highest BCUT2D eigenvalue weighted by molar-refractivity contribution is 9.08. The van der Waals surface area contributed by atoms with Crippen molar-refractivity contribution < 1.29 is 4.92 Å². The predicted octanol–water partition coefficient (Wildman–Crippen LogP) is 5.79. The number of halogens is 1. The number of nitrogens with one attached hydrogen (secondary N) is 1. The SMILES string of the molecule is O=[N+]([O-])c1ccc(CBr)c(-c2cccc3c2[nH]c2ccccc23)c1. The maximum Gasteiger partial charge on any atom is 0.270 e. The number of nitrogens with zero attached hydrogens (tertiary/aromatic N) is 1. The Bertz CT molecular complexity index is 1090. The van der Waals surface area contributed by atoms with Crippen LogP contribution in [0.4, 0.5) is 5.69 Å². The van der Waals surface area contributed by atoms with Crippen molar-refractivity contribution in [3.05, 3.63) is 76.3 Å². The van der Waals surface area contributed by atoms with Gasteiger partial charge in [0.05, 0.1) is 10.4 Å². The van der Waals surface area contributed by atoms with Crippen molar-refractivity contribution in [2.45, 2.75) is 5.33 Å². The lowest BCUT2D eigenvalue weighted by molar-refractivity contribution is -0.384. The Balaban J connectivity index is 2.06. The molecule has 0 fully saturated rings. The van der Waals surface area contributed by atoms with Crippen LogP contribution in [0.15, 0.2) is 60.7 Å². The van der Waals surface area contributed by atoms with Gasteiger partial charge >= 0.3 is 0 Å². The molecule has 0 saturated carbocycles. The number of rotatable bonds is 3. The van der Waals surface area contributed by atoms with E-state index in [2.05, 4.69) is 33.0 Å². The number of benzene rings is 3. The number of H-pyrrole nitrogens is 1. The minimum Gasteiger partial charge on any atom is -0.354 e. The van der Waals surface area contributed by atoms with E-state index in [4.69, 9.17) is 0 Å². The first kappa shape index (κ1) is 14.9. The summed E-state index contributed by atoms with van der Waals surface area (Å²) >= 11 is 3.49. The van der Waals surface area contributed by atoms with Crippen LogP contribution in [0.1, 0.15) is 5.56 Å². The van der Waals surface area contributed by atoms with Gasteiger partial charge in [-0.3, -0.25) is 10.1 Å². The first-order chi connectivity index (χ1) is 11.7. The summed E-state index contributed by atoms with van der Waals surface area (Å²) in [5.41, 5.74) is 5.03. The van der Waals surface area contributed by atoms with Gasteiger partial charge in [-0.1, -0.05) is 58.4 Å². The molecule has 1 aromatic heterocycles. The van der Waals surface area contributed by atoms with Gasteiger partial charge in [0.1, 0.15) is 0 Å². The van der Waals surface area contributed by atoms with Crippen LogP contribution in [-0.2, 0) is 5.33 Å². The largest absolute Gasteiger partial charge is 0.354 e. The predicted molar refractivity (Wildman–Crippen MR) is 101 cm³/mol. The summed E-state index contributed by atoms with van der Waals surface area (Å²) in [4.78, 5) is 14.3. The fraction of sp³-hybridized carbons (Fsp3) is 0.0526. The molecule has 3 aromatic carbocycles. The Hall–Kier alpha value is -2.66. The van der Waals surface area contributed by atoms with E-state index in [0.717, 1.165) is 38.5 Å². The number of fused-ring (bicyclic) bond motifs is 3. The van der Waals surface area contributed by atoms with E-state index in [9.17, 15) is 10.1 Å². The molecule has 4 aromatic rings. The lowest BCUT2D eigenvalue weighted by atomic mass is 9.97. The van der Waals surface area contributed by atoms with Crippen molar-refractivity contribution in [2.75, 3.05) is 0 Å². The number of alkyl halides is 1. The van der Waals surface area contributed by atoms with E-state index in [1.54, 1.807) is 12.1 Å². The minimum absolute atomic E-state index is 0.0998. The molecular formula is C19H13BrN2O2. The summed E-state index contributed by atoms with van der Waals surface area (Å²) in [6.07, 6.45) is 0. The number of hydrogen-bond donors (Lipinski definition) is 1. The highest BCUT2D eigenvalue weighted by Gasteiger charge is 2.15. The molecule has 0 aliphatic heterocycles. The first-order valence-corrected chi connectivity index (χ1v) is 8.64. The summed E-state index contributed by atoms with van der Waals surface area (Å²) in [5, 5.41) is 14.1. The summed E-state index contributed by atoms with van der Waals surface area (Å²) < 4.78 is 0. The van der Waals surface area contributed by atoms with Crippen molar-refractivity contribution in [3.8, 4) is 11.1 Å². The molecule has 0 aliphatic carbocycles. The van der Waals surface area contributed by atoms with Crippen molar-refractivity contribution in [3.63, 3.8) is 0 Å². The second kappa shape index (κ2) is 5.76. The quantitative estimate of drug-likeness (QED) is 0.277. The smallest absolute Gasteiger partial charge is 0.270 e. The summed E-state index contributed by atoms with van der Waals surface area (Å²) in [5.74, 6) is 0. The zero-order chi connectivity index (χ0) is 16.7. The molecule has 4 rings (SSSR count). The average Bonchev–Trinajstić information content (AvgIpc) is 3.00. The van der Waals surface area contributed by atoms with E-state index in [1.165, 1.54) is 0 Å². The molecule has 0 unspecified atom stereocenters. The molecule has 5 heteroatoms. The highest BCUT2D eigenvalue weighted by Crippen LogP contribution is 2.36. The number of non-ortho nitro benzene ring substituents is 1. The molecule has 24 heavy (non-hydrogen) atoms. The molecule has 1 N–H and O–H groups in total. The van der Waals surface area contributed by atoms with E-state index in [0.29, 0.717) is 5.33 Å². The van der Waals surface area contributed by atoms with E-state index >= 15 is 0 Å². The van der Waals surface area contributed by atoms with Gasteiger partial charge in [-0.25, -0.2) is 0 Å². The number of hydrogen-bond acceptors (Lipinski definition) is 2. The minimum atomic E-state index is -0.354. The standard InChI is InChI=1S/C19H13BrN2O2/c20-11-12-8-9-13(22(23)24)10-17(12)16-6-3-5-15-14-4-1-2-7-18(14)21-19(15)16/h1-10,21H,11H2. The number of aromatic amines is 1. The lowest BCUT2D eigenvalue weighted by Crippen LogP contribution is -1.92. The van der Waals surface area contributed by atoms with Gasteiger partial charge in [0, 0.05) is 39.3 Å². The summed E-state index contributed by atoms with van der Waals surface area (Å²) in [6.45, 7) is 0. The fourth-order valence-corrected chi connectivity index (χ4v) is 3.63. The molecule has 0 radical (unpaired) electrons. The number of aromatic nitrogens is 1. The van der Waals surface area contributed by atoms with Crippen LogP contribution >= 0.6 is 15.9 Å². The molecule has 0 atom stereocenters. The molecule has 0 aliphatic rings. The molecule has 0 bridgehead atoms. The van der Waals surface area contributed by atoms with Gasteiger partial charge in [0.15, 0.2) is 0 Å². The molecule has 4 nitrogen and oxygen atoms in total. The average molecular weight is 381 g/mol. The fourth-order valence-electron chi connectivity index (χ4n) is 3.14. The summed E-state index contributed by atoms with van der Waals surface area (Å²) in [7, 11) is 0. The van der Waals surface area contributed by atoms with Crippen LogP contribution in [0.2, 0.25) is 0 Å². The van der Waals surface area contributed by atoms with E-state index < -0.39 is 0 Å². The Kier molecular flexibility index (Phi) is 3.58. The third-order valence-electron chi connectivity index (χ3n) is 4.28. The van der Waals surface area contributed by atoms with Crippen molar-refractivity contribution >= 4 is 43.4 Å². The maximum atomic E-state index is 11.2. The van der Waals surface area contributed by atoms with Crippen LogP contribution in [0.5, 0.6) is 0 Å². The normalized spacial score (nSPS) is 11.2. The van der Waals surface area contributed by atoms with Crippen LogP contribution in [0.3, 0.4) is 0 Å². The van der Waals surface area contributed by atoms with Gasteiger partial charge in [0.25, 0.3) is 5.69 Å². The molecule has 0 saturated heterocycles. The third kappa shape index (κ3) is 2.29. The second-order valence-corrected chi connectivity index (χ2v) is 6.19. The monoisotopic (exact) mass is 380 g/mol. The second-order valence-electron chi connectivity index (χ2n) is 5.63. The Morgan fingerprint density at radius 2 is 1.75 bits per heavy atom. The number of para-hydroxylation sites is 2. The van der Waals surface area contributed by atoms with Crippen molar-refractivity contribution in [1.29, 1.82) is 0 Å². The van der Waals surface area contributed by atoms with Gasteiger partial charge in [-0.05, 0) is 17.2 Å². The van der Waals surface area contributed by atoms with E-state index in [1.807, 2.05) is 36.4 Å². The molecule has 0 spiro atoms. The Morgan fingerprint density at radius 3 is 2.54 bits per heavy atom. The van der Waals surface area contributed by atoms with Crippen molar-refractivity contribution in [1.82, 2.24) is 4.98 Å². The van der Waals surface area contributed by atoms with Crippen LogP contribution in [0, 0.1) is 10.1 Å². The van der Waals surface area contributed by atoms with Crippen LogP contribution in [-0.4, -0.2) is 9.91 Å². The Labute approximate surface area is 146 Å². The maximum absolute atomic E-state index is 11.2. The molecule has 118 valence electrons. The lowest BCUT2D eigenvalue weighted by Gasteiger charge is -2.09.